The Bertz CT molecular complexity index is 728. The number of benzene rings is 1. The van der Waals surface area contributed by atoms with Gasteiger partial charge in [0.05, 0.1) is 22.9 Å². The van der Waals surface area contributed by atoms with Gasteiger partial charge >= 0.3 is 0 Å². The standard InChI is InChI=1S/C10H10N4O6S/c11-7-2-1-6(3-8(7)14(17)18)21(19,20)13-4-9(15)12-10(16)5-13/h1-3H,4-5,11H2,(H,12,15,16). The van der Waals surface area contributed by atoms with Gasteiger partial charge in [0.1, 0.15) is 5.69 Å². The van der Waals surface area contributed by atoms with Crippen molar-refractivity contribution >= 4 is 33.2 Å². The average molecular weight is 314 g/mol. The van der Waals surface area contributed by atoms with E-state index in [4.69, 9.17) is 5.73 Å². The van der Waals surface area contributed by atoms with Crippen LogP contribution in [0.25, 0.3) is 0 Å². The molecule has 11 heteroatoms. The number of nitrogens with one attached hydrogen (secondary N) is 1. The lowest BCUT2D eigenvalue weighted by Gasteiger charge is -2.24. The number of anilines is 1. The summed E-state index contributed by atoms with van der Waals surface area (Å²) in [5.74, 6) is -1.53. The molecule has 10 nitrogen and oxygen atoms in total. The van der Waals surface area contributed by atoms with Crippen molar-refractivity contribution < 1.29 is 22.9 Å². The number of nitrogens with zero attached hydrogens (tertiary/aromatic N) is 2. The maximum absolute atomic E-state index is 12.3. The first-order valence-electron chi connectivity index (χ1n) is 5.58. The van der Waals surface area contributed by atoms with Crippen LogP contribution < -0.4 is 11.1 Å². The number of hydrogen-bond acceptors (Lipinski definition) is 7. The molecule has 1 aliphatic heterocycles. The van der Waals surface area contributed by atoms with Gasteiger partial charge in [-0.3, -0.25) is 25.0 Å². The number of nitrogens with two attached hydrogens (primary N) is 1. The third-order valence-corrected chi connectivity index (χ3v) is 4.54. The van der Waals surface area contributed by atoms with Crippen LogP contribution in [0, 0.1) is 10.1 Å². The molecule has 112 valence electrons. The summed E-state index contributed by atoms with van der Waals surface area (Å²) in [6.07, 6.45) is 0. The first-order valence-corrected chi connectivity index (χ1v) is 7.02. The SMILES string of the molecule is Nc1ccc(S(=O)(=O)N2CC(=O)NC(=O)C2)cc1[N+](=O)[O-]. The maximum Gasteiger partial charge on any atom is 0.293 e. The molecule has 1 heterocycles. The minimum atomic E-state index is -4.21. The van der Waals surface area contributed by atoms with Crippen molar-refractivity contribution in [2.24, 2.45) is 0 Å². The van der Waals surface area contributed by atoms with E-state index < -0.39 is 50.4 Å². The van der Waals surface area contributed by atoms with Crippen LogP contribution in [0.2, 0.25) is 0 Å². The Labute approximate surface area is 118 Å². The van der Waals surface area contributed by atoms with Crippen molar-refractivity contribution in [3.8, 4) is 0 Å². The van der Waals surface area contributed by atoms with Gasteiger partial charge in [0, 0.05) is 6.07 Å². The van der Waals surface area contributed by atoms with Crippen molar-refractivity contribution in [2.45, 2.75) is 4.90 Å². The molecule has 2 rings (SSSR count). The number of carbonyl (C=O) groups excluding carboxylic acids is 2. The number of hydrogen-bond donors (Lipinski definition) is 2. The largest absolute Gasteiger partial charge is 0.393 e. The number of carbonyl (C=O) groups is 2. The van der Waals surface area contributed by atoms with Crippen LogP contribution in [-0.2, 0) is 19.6 Å². The molecular weight excluding hydrogens is 304 g/mol. The topological polar surface area (TPSA) is 153 Å². The van der Waals surface area contributed by atoms with Crippen molar-refractivity contribution in [3.05, 3.63) is 28.3 Å². The summed E-state index contributed by atoms with van der Waals surface area (Å²) in [6.45, 7) is -1.07. The average Bonchev–Trinajstić information content (AvgIpc) is 2.37. The van der Waals surface area contributed by atoms with Crippen LogP contribution >= 0.6 is 0 Å². The van der Waals surface area contributed by atoms with Crippen molar-refractivity contribution in [1.82, 2.24) is 9.62 Å². The number of nitro groups is 1. The Balaban J connectivity index is 2.44. The maximum atomic E-state index is 12.3. The van der Waals surface area contributed by atoms with Crippen LogP contribution in [0.5, 0.6) is 0 Å². The van der Waals surface area contributed by atoms with E-state index >= 15 is 0 Å². The zero-order valence-electron chi connectivity index (χ0n) is 10.5. The van der Waals surface area contributed by atoms with E-state index in [9.17, 15) is 28.1 Å². The van der Waals surface area contributed by atoms with Crippen molar-refractivity contribution in [1.29, 1.82) is 0 Å². The molecule has 3 N–H and O–H groups in total. The second-order valence-electron chi connectivity index (χ2n) is 4.22. The second kappa shape index (κ2) is 5.10. The van der Waals surface area contributed by atoms with Crippen molar-refractivity contribution in [3.63, 3.8) is 0 Å². The fourth-order valence-electron chi connectivity index (χ4n) is 1.77. The zero-order valence-corrected chi connectivity index (χ0v) is 11.3. The van der Waals surface area contributed by atoms with Crippen LogP contribution in [0.1, 0.15) is 0 Å². The normalized spacial score (nSPS) is 16.6. The van der Waals surface area contributed by atoms with Gasteiger partial charge in [0.15, 0.2) is 0 Å². The monoisotopic (exact) mass is 314 g/mol. The summed E-state index contributed by atoms with van der Waals surface area (Å²) in [5, 5.41) is 12.7. The quantitative estimate of drug-likeness (QED) is 0.308. The molecule has 1 fully saturated rings. The Hall–Kier alpha value is -2.53. The van der Waals surface area contributed by atoms with E-state index in [1.165, 1.54) is 0 Å². The van der Waals surface area contributed by atoms with E-state index in [0.29, 0.717) is 4.31 Å². The highest BCUT2D eigenvalue weighted by Crippen LogP contribution is 2.26. The molecule has 0 bridgehead atoms. The van der Waals surface area contributed by atoms with E-state index in [1.807, 2.05) is 5.32 Å². The summed E-state index contributed by atoms with van der Waals surface area (Å²) in [5.41, 5.74) is 4.63. The number of piperazine rings is 1. The number of imide groups is 1. The first kappa shape index (κ1) is 14.9. The predicted molar refractivity (Wildman–Crippen MR) is 69.4 cm³/mol. The number of amides is 2. The zero-order chi connectivity index (χ0) is 15.8. The molecular formula is C10H10N4O6S. The lowest BCUT2D eigenvalue weighted by Crippen LogP contribution is -2.53. The lowest BCUT2D eigenvalue weighted by molar-refractivity contribution is -0.384. The molecule has 1 aromatic carbocycles. The van der Waals surface area contributed by atoms with Crippen LogP contribution in [0.15, 0.2) is 23.1 Å². The van der Waals surface area contributed by atoms with Gasteiger partial charge in [-0.15, -0.1) is 0 Å². The molecule has 0 spiro atoms. The molecule has 2 amide bonds. The number of rotatable bonds is 3. The molecule has 1 saturated heterocycles. The van der Waals surface area contributed by atoms with Crippen LogP contribution in [-0.4, -0.2) is 42.6 Å². The van der Waals surface area contributed by atoms with Gasteiger partial charge in [0.25, 0.3) is 5.69 Å². The third kappa shape index (κ3) is 2.83. The number of nitrogen functional groups attached to an aromatic ring is 1. The van der Waals surface area contributed by atoms with Crippen LogP contribution in [0.4, 0.5) is 11.4 Å². The highest BCUT2D eigenvalue weighted by molar-refractivity contribution is 7.89. The summed E-state index contributed by atoms with van der Waals surface area (Å²) in [6, 6.07) is 2.95. The fourth-order valence-corrected chi connectivity index (χ4v) is 3.15. The van der Waals surface area contributed by atoms with E-state index in [-0.39, 0.29) is 5.69 Å². The smallest absolute Gasteiger partial charge is 0.293 e. The molecule has 0 aliphatic carbocycles. The summed E-state index contributed by atoms with van der Waals surface area (Å²) in [4.78, 5) is 32.0. The van der Waals surface area contributed by atoms with Gasteiger partial charge in [-0.25, -0.2) is 8.42 Å². The molecule has 21 heavy (non-hydrogen) atoms. The van der Waals surface area contributed by atoms with Crippen LogP contribution in [0.3, 0.4) is 0 Å². The molecule has 0 radical (unpaired) electrons. The molecule has 1 aromatic rings. The highest BCUT2D eigenvalue weighted by atomic mass is 32.2. The highest BCUT2D eigenvalue weighted by Gasteiger charge is 2.33. The van der Waals surface area contributed by atoms with E-state index in [0.717, 1.165) is 18.2 Å². The van der Waals surface area contributed by atoms with E-state index in [2.05, 4.69) is 0 Å². The first-order chi connectivity index (χ1) is 9.71. The van der Waals surface area contributed by atoms with E-state index in [1.54, 1.807) is 0 Å². The second-order valence-corrected chi connectivity index (χ2v) is 6.16. The van der Waals surface area contributed by atoms with Crippen molar-refractivity contribution in [2.75, 3.05) is 18.8 Å². The summed E-state index contributed by atoms with van der Waals surface area (Å²) < 4.78 is 25.2. The molecule has 0 atom stereocenters. The molecule has 0 aromatic heterocycles. The Morgan fingerprint density at radius 2 is 1.81 bits per heavy atom. The molecule has 0 unspecified atom stereocenters. The Kier molecular flexibility index (Phi) is 3.61. The summed E-state index contributed by atoms with van der Waals surface area (Å²) in [7, 11) is -4.21. The minimum absolute atomic E-state index is 0.189. The van der Waals surface area contributed by atoms with Gasteiger partial charge in [-0.1, -0.05) is 0 Å². The third-order valence-electron chi connectivity index (χ3n) is 2.76. The summed E-state index contributed by atoms with van der Waals surface area (Å²) >= 11 is 0. The van der Waals surface area contributed by atoms with Gasteiger partial charge in [0.2, 0.25) is 21.8 Å². The molecule has 0 saturated carbocycles. The Morgan fingerprint density at radius 3 is 2.33 bits per heavy atom. The van der Waals surface area contributed by atoms with Gasteiger partial charge < -0.3 is 5.73 Å². The Morgan fingerprint density at radius 1 is 1.24 bits per heavy atom. The molecule has 1 aliphatic rings. The predicted octanol–water partition coefficient (Wildman–Crippen LogP) is -1.18. The number of nitro benzene ring substituents is 1. The minimum Gasteiger partial charge on any atom is -0.393 e. The van der Waals surface area contributed by atoms with Gasteiger partial charge in [-0.05, 0) is 12.1 Å². The fraction of sp³-hybridized carbons (Fsp3) is 0.200. The lowest BCUT2D eigenvalue weighted by atomic mass is 10.3. The number of sulfonamides is 1. The van der Waals surface area contributed by atoms with Gasteiger partial charge in [-0.2, -0.15) is 4.31 Å².